The lowest BCUT2D eigenvalue weighted by atomic mass is 10.1. The molecule has 0 aliphatic rings. The van der Waals surface area contributed by atoms with E-state index in [0.29, 0.717) is 5.69 Å². The molecule has 1 N–H and O–H groups in total. The lowest BCUT2D eigenvalue weighted by Gasteiger charge is -2.07. The third-order valence-electron chi connectivity index (χ3n) is 3.03. The minimum absolute atomic E-state index is 0.0745. The van der Waals surface area contributed by atoms with Gasteiger partial charge >= 0.3 is 0 Å². The topological polar surface area (TPSA) is 72.2 Å². The van der Waals surface area contributed by atoms with Gasteiger partial charge in [0.1, 0.15) is 0 Å². The number of benzene rings is 2. The zero-order valence-corrected chi connectivity index (χ0v) is 12.1. The van der Waals surface area contributed by atoms with Gasteiger partial charge in [-0.05, 0) is 30.2 Å². The summed E-state index contributed by atoms with van der Waals surface area (Å²) in [4.78, 5) is 22.3. The van der Waals surface area contributed by atoms with Crippen molar-refractivity contribution in [3.05, 3.63) is 68.7 Å². The predicted octanol–water partition coefficient (Wildman–Crippen LogP) is 4.06. The zero-order valence-electron chi connectivity index (χ0n) is 11.3. The number of nitro groups is 1. The van der Waals surface area contributed by atoms with Crippen molar-refractivity contribution in [3.63, 3.8) is 0 Å². The molecule has 0 fully saturated rings. The van der Waals surface area contributed by atoms with Crippen LogP contribution in [-0.4, -0.2) is 10.8 Å². The Morgan fingerprint density at radius 3 is 2.48 bits per heavy atom. The Kier molecular flexibility index (Phi) is 4.55. The fourth-order valence-electron chi connectivity index (χ4n) is 1.82. The molecule has 2 aromatic rings. The van der Waals surface area contributed by atoms with E-state index in [1.807, 2.05) is 19.1 Å². The van der Waals surface area contributed by atoms with Crippen LogP contribution in [0.5, 0.6) is 0 Å². The minimum Gasteiger partial charge on any atom is -0.322 e. The number of nitrogens with zero attached hydrogens (tertiary/aromatic N) is 1. The highest BCUT2D eigenvalue weighted by Gasteiger charge is 2.15. The number of rotatable bonds is 4. The lowest BCUT2D eigenvalue weighted by Crippen LogP contribution is -2.12. The van der Waals surface area contributed by atoms with E-state index in [-0.39, 0.29) is 16.3 Å². The van der Waals surface area contributed by atoms with Gasteiger partial charge in [0.05, 0.1) is 15.5 Å². The number of halogens is 1. The summed E-state index contributed by atoms with van der Waals surface area (Å²) in [5.41, 5.74) is 1.66. The van der Waals surface area contributed by atoms with Gasteiger partial charge in [0.25, 0.3) is 11.6 Å². The molecule has 2 aromatic carbocycles. The van der Waals surface area contributed by atoms with Crippen LogP contribution < -0.4 is 5.32 Å². The van der Waals surface area contributed by atoms with Crippen molar-refractivity contribution in [1.82, 2.24) is 0 Å². The summed E-state index contributed by atoms with van der Waals surface area (Å²) in [5.74, 6) is -0.479. The molecular weight excluding hydrogens is 292 g/mol. The van der Waals surface area contributed by atoms with Crippen LogP contribution in [0.15, 0.2) is 42.5 Å². The summed E-state index contributed by atoms with van der Waals surface area (Å²) in [5, 5.41) is 13.6. The fraction of sp³-hybridized carbons (Fsp3) is 0.133. The van der Waals surface area contributed by atoms with Gasteiger partial charge in [-0.2, -0.15) is 0 Å². The van der Waals surface area contributed by atoms with E-state index in [1.165, 1.54) is 12.1 Å². The van der Waals surface area contributed by atoms with E-state index in [4.69, 9.17) is 11.6 Å². The van der Waals surface area contributed by atoms with Gasteiger partial charge in [-0.1, -0.05) is 30.7 Å². The molecule has 0 atom stereocenters. The first kappa shape index (κ1) is 15.0. The SMILES string of the molecule is CCc1ccc(NC(=O)c2cc([N+](=O)[O-])ccc2Cl)cc1. The highest BCUT2D eigenvalue weighted by molar-refractivity contribution is 6.34. The molecule has 0 saturated heterocycles. The largest absolute Gasteiger partial charge is 0.322 e. The second-order valence-electron chi connectivity index (χ2n) is 4.43. The highest BCUT2D eigenvalue weighted by atomic mass is 35.5. The number of hydrogen-bond donors (Lipinski definition) is 1. The van der Waals surface area contributed by atoms with Crippen molar-refractivity contribution in [1.29, 1.82) is 0 Å². The number of aryl methyl sites for hydroxylation is 1. The molecule has 0 radical (unpaired) electrons. The maximum absolute atomic E-state index is 12.1. The molecule has 0 aliphatic heterocycles. The summed E-state index contributed by atoms with van der Waals surface area (Å²) >= 11 is 5.93. The molecule has 0 heterocycles. The van der Waals surface area contributed by atoms with E-state index in [1.54, 1.807) is 12.1 Å². The second-order valence-corrected chi connectivity index (χ2v) is 4.83. The maximum Gasteiger partial charge on any atom is 0.270 e. The van der Waals surface area contributed by atoms with Crippen LogP contribution in [0.3, 0.4) is 0 Å². The number of non-ortho nitro benzene ring substituents is 1. The minimum atomic E-state index is -0.566. The van der Waals surface area contributed by atoms with E-state index in [0.717, 1.165) is 18.1 Å². The Hall–Kier alpha value is -2.40. The van der Waals surface area contributed by atoms with Gasteiger partial charge in [0.15, 0.2) is 0 Å². The van der Waals surface area contributed by atoms with Gasteiger partial charge < -0.3 is 5.32 Å². The fourth-order valence-corrected chi connectivity index (χ4v) is 2.03. The van der Waals surface area contributed by atoms with Gasteiger partial charge in [-0.25, -0.2) is 0 Å². The van der Waals surface area contributed by atoms with Crippen LogP contribution in [0.1, 0.15) is 22.8 Å². The molecule has 1 amide bonds. The van der Waals surface area contributed by atoms with Gasteiger partial charge in [0.2, 0.25) is 0 Å². The number of nitrogens with one attached hydrogen (secondary N) is 1. The van der Waals surface area contributed by atoms with Crippen molar-refractivity contribution < 1.29 is 9.72 Å². The Balaban J connectivity index is 2.23. The molecule has 0 unspecified atom stereocenters. The number of hydrogen-bond acceptors (Lipinski definition) is 3. The average molecular weight is 305 g/mol. The number of carbonyl (C=O) groups excluding carboxylic acids is 1. The Morgan fingerprint density at radius 1 is 1.24 bits per heavy atom. The normalized spacial score (nSPS) is 10.2. The van der Waals surface area contributed by atoms with Crippen molar-refractivity contribution in [2.45, 2.75) is 13.3 Å². The first-order chi connectivity index (χ1) is 10.0. The van der Waals surface area contributed by atoms with Crippen molar-refractivity contribution >= 4 is 28.9 Å². The van der Waals surface area contributed by atoms with Crippen molar-refractivity contribution in [2.24, 2.45) is 0 Å². The van der Waals surface area contributed by atoms with E-state index in [9.17, 15) is 14.9 Å². The quantitative estimate of drug-likeness (QED) is 0.683. The van der Waals surface area contributed by atoms with Crippen LogP contribution in [0.2, 0.25) is 5.02 Å². The molecule has 0 aromatic heterocycles. The van der Waals surface area contributed by atoms with Crippen LogP contribution in [-0.2, 0) is 6.42 Å². The lowest BCUT2D eigenvalue weighted by molar-refractivity contribution is -0.384. The van der Waals surface area contributed by atoms with E-state index in [2.05, 4.69) is 5.32 Å². The smallest absolute Gasteiger partial charge is 0.270 e. The Labute approximate surface area is 126 Å². The Morgan fingerprint density at radius 2 is 1.90 bits per heavy atom. The monoisotopic (exact) mass is 304 g/mol. The Bertz CT molecular complexity index is 684. The number of anilines is 1. The molecule has 6 heteroatoms. The molecule has 108 valence electrons. The summed E-state index contributed by atoms with van der Waals surface area (Å²) in [7, 11) is 0. The van der Waals surface area contributed by atoms with Crippen LogP contribution in [0.25, 0.3) is 0 Å². The standard InChI is InChI=1S/C15H13ClN2O3/c1-2-10-3-5-11(6-4-10)17-15(19)13-9-12(18(20)21)7-8-14(13)16/h3-9H,2H2,1H3,(H,17,19). The van der Waals surface area contributed by atoms with Crippen LogP contribution in [0, 0.1) is 10.1 Å². The molecule has 5 nitrogen and oxygen atoms in total. The van der Waals surface area contributed by atoms with Crippen molar-refractivity contribution in [3.8, 4) is 0 Å². The molecule has 2 rings (SSSR count). The molecule has 0 aliphatic carbocycles. The number of nitro benzene ring substituents is 1. The predicted molar refractivity (Wildman–Crippen MR) is 81.9 cm³/mol. The second kappa shape index (κ2) is 6.37. The third kappa shape index (κ3) is 3.58. The van der Waals surface area contributed by atoms with Crippen molar-refractivity contribution in [2.75, 3.05) is 5.32 Å². The third-order valence-corrected chi connectivity index (χ3v) is 3.36. The molecule has 0 saturated carbocycles. The molecule has 0 bridgehead atoms. The summed E-state index contributed by atoms with van der Waals surface area (Å²) in [6.45, 7) is 2.04. The molecule has 21 heavy (non-hydrogen) atoms. The maximum atomic E-state index is 12.1. The average Bonchev–Trinajstić information content (AvgIpc) is 2.48. The van der Waals surface area contributed by atoms with Crippen LogP contribution in [0.4, 0.5) is 11.4 Å². The first-order valence-electron chi connectivity index (χ1n) is 6.35. The first-order valence-corrected chi connectivity index (χ1v) is 6.73. The molecular formula is C15H13ClN2O3. The van der Waals surface area contributed by atoms with Gasteiger partial charge in [-0.3, -0.25) is 14.9 Å². The van der Waals surface area contributed by atoms with Gasteiger partial charge in [-0.15, -0.1) is 0 Å². The number of carbonyl (C=O) groups is 1. The summed E-state index contributed by atoms with van der Waals surface area (Å²) in [6.07, 6.45) is 0.908. The highest BCUT2D eigenvalue weighted by Crippen LogP contribution is 2.23. The summed E-state index contributed by atoms with van der Waals surface area (Å²) < 4.78 is 0. The zero-order chi connectivity index (χ0) is 15.4. The van der Waals surface area contributed by atoms with E-state index < -0.39 is 10.8 Å². The van der Waals surface area contributed by atoms with E-state index >= 15 is 0 Å². The molecule has 0 spiro atoms. The summed E-state index contributed by atoms with van der Waals surface area (Å²) in [6, 6.07) is 11.1. The number of amides is 1. The van der Waals surface area contributed by atoms with Crippen LogP contribution >= 0.6 is 11.6 Å². The van der Waals surface area contributed by atoms with Gasteiger partial charge in [0, 0.05) is 17.8 Å².